The van der Waals surface area contributed by atoms with Crippen LogP contribution in [-0.2, 0) is 0 Å². The lowest BCUT2D eigenvalue weighted by Crippen LogP contribution is -2.30. The molecule has 1 aliphatic rings. The normalized spacial score (nSPS) is 18.6. The van der Waals surface area contributed by atoms with Crippen molar-refractivity contribution in [2.75, 3.05) is 4.90 Å². The number of rotatable bonds is 4. The Morgan fingerprint density at radius 3 is 2.41 bits per heavy atom. The average Bonchev–Trinajstić information content (AvgIpc) is 3.40. The predicted octanol–water partition coefficient (Wildman–Crippen LogP) is 4.44. The van der Waals surface area contributed by atoms with E-state index in [1.807, 2.05) is 54.9 Å². The second-order valence-electron chi connectivity index (χ2n) is 6.85. The summed E-state index contributed by atoms with van der Waals surface area (Å²) in [6, 6.07) is 24.3. The summed E-state index contributed by atoms with van der Waals surface area (Å²) in [5, 5.41) is 4.19. The first kappa shape index (κ1) is 17.6. The zero-order valence-corrected chi connectivity index (χ0v) is 16.4. The van der Waals surface area contributed by atoms with Gasteiger partial charge in [-0.1, -0.05) is 24.3 Å². The molecule has 0 radical (unpaired) electrons. The molecule has 0 unspecified atom stereocenters. The van der Waals surface area contributed by atoms with E-state index in [0.29, 0.717) is 5.11 Å². The number of nitrogens with one attached hydrogen (secondary N) is 1. The molecule has 142 valence electrons. The molecule has 1 N–H and O–H groups in total. The molecule has 1 saturated heterocycles. The first-order valence-corrected chi connectivity index (χ1v) is 9.87. The summed E-state index contributed by atoms with van der Waals surface area (Å²) in [6.07, 6.45) is 7.54. The summed E-state index contributed by atoms with van der Waals surface area (Å²) in [5.74, 6) is 0. The molecule has 6 heteroatoms. The standard InChI is InChI=1S/C23H19N5S/c29-23-26-21(19-11-4-5-14-25-19)22(28(23)17-8-2-1-3-9-17)20-12-7-15-27(20)18-10-6-13-24-16-18/h1-16,21-22H,(H,26,29)/t21-,22-/m0/s1. The molecule has 0 amide bonds. The van der Waals surface area contributed by atoms with Gasteiger partial charge in [-0.2, -0.15) is 0 Å². The number of nitrogens with zero attached hydrogens (tertiary/aromatic N) is 4. The molecule has 3 aromatic heterocycles. The van der Waals surface area contributed by atoms with Gasteiger partial charge >= 0.3 is 0 Å². The van der Waals surface area contributed by atoms with E-state index in [4.69, 9.17) is 12.2 Å². The van der Waals surface area contributed by atoms with Gasteiger partial charge in [-0.25, -0.2) is 0 Å². The fourth-order valence-corrected chi connectivity index (χ4v) is 4.23. The number of hydrogen-bond acceptors (Lipinski definition) is 3. The molecular weight excluding hydrogens is 378 g/mol. The Hall–Kier alpha value is -3.51. The van der Waals surface area contributed by atoms with E-state index in [-0.39, 0.29) is 12.1 Å². The Balaban J connectivity index is 1.67. The SMILES string of the molecule is S=C1N[C@@H](c2ccccn2)[C@H](c2cccn2-c2cccnc2)N1c1ccccc1. The fraction of sp³-hybridized carbons (Fsp3) is 0.0870. The molecule has 5 nitrogen and oxygen atoms in total. The van der Waals surface area contributed by atoms with Crippen LogP contribution in [0.1, 0.15) is 23.5 Å². The van der Waals surface area contributed by atoms with Crippen LogP contribution < -0.4 is 10.2 Å². The third-order valence-electron chi connectivity index (χ3n) is 5.14. The van der Waals surface area contributed by atoms with E-state index < -0.39 is 0 Å². The molecular formula is C23H19N5S. The highest BCUT2D eigenvalue weighted by Crippen LogP contribution is 2.42. The zero-order valence-electron chi connectivity index (χ0n) is 15.6. The number of hydrogen-bond donors (Lipinski definition) is 1. The Labute approximate surface area is 174 Å². The van der Waals surface area contributed by atoms with Crippen molar-refractivity contribution in [2.24, 2.45) is 0 Å². The Bertz CT molecular complexity index is 1110. The molecule has 0 saturated carbocycles. The van der Waals surface area contributed by atoms with Crippen LogP contribution in [0.3, 0.4) is 0 Å². The van der Waals surface area contributed by atoms with Crippen LogP contribution in [-0.4, -0.2) is 19.6 Å². The third-order valence-corrected chi connectivity index (χ3v) is 5.45. The van der Waals surface area contributed by atoms with Crippen molar-refractivity contribution in [3.63, 3.8) is 0 Å². The van der Waals surface area contributed by atoms with Gasteiger partial charge in [0, 0.05) is 30.0 Å². The minimum atomic E-state index is -0.0748. The molecule has 1 fully saturated rings. The van der Waals surface area contributed by atoms with Gasteiger partial charge in [-0.3, -0.25) is 9.97 Å². The highest BCUT2D eigenvalue weighted by molar-refractivity contribution is 7.80. The van der Waals surface area contributed by atoms with Gasteiger partial charge in [0.2, 0.25) is 0 Å². The Kier molecular flexibility index (Phi) is 4.54. The van der Waals surface area contributed by atoms with E-state index in [9.17, 15) is 0 Å². The van der Waals surface area contributed by atoms with Crippen molar-refractivity contribution in [1.82, 2.24) is 19.9 Å². The summed E-state index contributed by atoms with van der Waals surface area (Å²) in [4.78, 5) is 11.1. The first-order chi connectivity index (χ1) is 14.3. The number of thiocarbonyl (C=S) groups is 1. The maximum atomic E-state index is 5.78. The Morgan fingerprint density at radius 1 is 0.828 bits per heavy atom. The molecule has 2 atom stereocenters. The van der Waals surface area contributed by atoms with Gasteiger partial charge in [-0.15, -0.1) is 0 Å². The van der Waals surface area contributed by atoms with Crippen LogP contribution in [0, 0.1) is 0 Å². The minimum absolute atomic E-state index is 0.0602. The zero-order chi connectivity index (χ0) is 19.6. The lowest BCUT2D eigenvalue weighted by Gasteiger charge is -2.29. The van der Waals surface area contributed by atoms with Crippen LogP contribution in [0.4, 0.5) is 5.69 Å². The number of benzene rings is 1. The summed E-state index contributed by atoms with van der Waals surface area (Å²) in [5.41, 5.74) is 4.13. The predicted molar refractivity (Wildman–Crippen MR) is 118 cm³/mol. The highest BCUT2D eigenvalue weighted by atomic mass is 32.1. The van der Waals surface area contributed by atoms with Crippen LogP contribution in [0.15, 0.2) is 97.6 Å². The lowest BCUT2D eigenvalue weighted by molar-refractivity contribution is 0.549. The van der Waals surface area contributed by atoms with Gasteiger partial charge in [0.25, 0.3) is 0 Å². The average molecular weight is 398 g/mol. The molecule has 0 bridgehead atoms. The molecule has 4 heterocycles. The molecule has 1 aromatic carbocycles. The van der Waals surface area contributed by atoms with Crippen molar-refractivity contribution in [3.8, 4) is 5.69 Å². The molecule has 4 aromatic rings. The van der Waals surface area contributed by atoms with Crippen LogP contribution in [0.25, 0.3) is 5.69 Å². The van der Waals surface area contributed by atoms with E-state index >= 15 is 0 Å². The molecule has 0 aliphatic carbocycles. The van der Waals surface area contributed by atoms with Gasteiger partial charge < -0.3 is 14.8 Å². The number of pyridine rings is 2. The molecule has 29 heavy (non-hydrogen) atoms. The van der Waals surface area contributed by atoms with E-state index in [1.54, 1.807) is 6.20 Å². The van der Waals surface area contributed by atoms with Crippen LogP contribution in [0.5, 0.6) is 0 Å². The smallest absolute Gasteiger partial charge is 0.174 e. The fourth-order valence-electron chi connectivity index (χ4n) is 3.89. The Morgan fingerprint density at radius 2 is 1.66 bits per heavy atom. The van der Waals surface area contributed by atoms with Crippen molar-refractivity contribution >= 4 is 23.0 Å². The topological polar surface area (TPSA) is 46.0 Å². The number of aromatic nitrogens is 3. The van der Waals surface area contributed by atoms with Gasteiger partial charge in [-0.05, 0) is 60.7 Å². The van der Waals surface area contributed by atoms with Crippen LogP contribution in [0.2, 0.25) is 0 Å². The van der Waals surface area contributed by atoms with Gasteiger partial charge in [0.05, 0.1) is 23.6 Å². The van der Waals surface area contributed by atoms with E-state index in [1.165, 1.54) is 0 Å². The molecule has 0 spiro atoms. The minimum Gasteiger partial charge on any atom is -0.351 e. The van der Waals surface area contributed by atoms with Crippen molar-refractivity contribution in [3.05, 3.63) is 109 Å². The van der Waals surface area contributed by atoms with Gasteiger partial charge in [0.15, 0.2) is 5.11 Å². The van der Waals surface area contributed by atoms with Gasteiger partial charge in [0.1, 0.15) is 6.04 Å². The van der Waals surface area contributed by atoms with Crippen molar-refractivity contribution < 1.29 is 0 Å². The van der Waals surface area contributed by atoms with Crippen LogP contribution >= 0.6 is 12.2 Å². The second kappa shape index (κ2) is 7.48. The summed E-state index contributed by atoms with van der Waals surface area (Å²) >= 11 is 5.78. The first-order valence-electron chi connectivity index (χ1n) is 9.46. The third kappa shape index (κ3) is 3.17. The summed E-state index contributed by atoms with van der Waals surface area (Å²) in [7, 11) is 0. The van der Waals surface area contributed by atoms with E-state index in [2.05, 4.69) is 61.3 Å². The lowest BCUT2D eigenvalue weighted by atomic mass is 10.0. The second-order valence-corrected chi connectivity index (χ2v) is 7.23. The maximum absolute atomic E-state index is 5.78. The molecule has 1 aliphatic heterocycles. The number of para-hydroxylation sites is 1. The maximum Gasteiger partial charge on any atom is 0.174 e. The van der Waals surface area contributed by atoms with E-state index in [0.717, 1.165) is 22.8 Å². The largest absolute Gasteiger partial charge is 0.351 e. The number of anilines is 1. The summed E-state index contributed by atoms with van der Waals surface area (Å²) < 4.78 is 2.17. The van der Waals surface area contributed by atoms with Crippen molar-refractivity contribution in [2.45, 2.75) is 12.1 Å². The highest BCUT2D eigenvalue weighted by Gasteiger charge is 2.42. The molecule has 5 rings (SSSR count). The monoisotopic (exact) mass is 397 g/mol. The quantitative estimate of drug-likeness (QED) is 0.516. The van der Waals surface area contributed by atoms with Crippen molar-refractivity contribution in [1.29, 1.82) is 0 Å². The summed E-state index contributed by atoms with van der Waals surface area (Å²) in [6.45, 7) is 0.